The van der Waals surface area contributed by atoms with Gasteiger partial charge >= 0.3 is 11.9 Å². The van der Waals surface area contributed by atoms with Crippen LogP contribution in [0.4, 0.5) is 0 Å². The summed E-state index contributed by atoms with van der Waals surface area (Å²) in [6.07, 6.45) is 3.54. The van der Waals surface area contributed by atoms with E-state index in [1.54, 1.807) is 24.3 Å². The second kappa shape index (κ2) is 11.2. The third kappa shape index (κ3) is 6.60. The molecule has 0 bridgehead atoms. The molecule has 1 aromatic carbocycles. The Morgan fingerprint density at radius 2 is 1.49 bits per heavy atom. The van der Waals surface area contributed by atoms with Crippen LogP contribution in [0.5, 0.6) is 0 Å². The van der Waals surface area contributed by atoms with Crippen LogP contribution >= 0.6 is 0 Å². The van der Waals surface area contributed by atoms with Crippen molar-refractivity contribution in [2.75, 3.05) is 20.2 Å². The molecule has 0 atom stereocenters. The Labute approximate surface area is 206 Å². The van der Waals surface area contributed by atoms with E-state index in [2.05, 4.69) is 16.2 Å². The quantitative estimate of drug-likeness (QED) is 0.430. The predicted octanol–water partition coefficient (Wildman–Crippen LogP) is 2.39. The monoisotopic (exact) mass is 487 g/mol. The van der Waals surface area contributed by atoms with Gasteiger partial charge in [-0.15, -0.1) is 0 Å². The highest BCUT2D eigenvalue weighted by Gasteiger charge is 2.44. The Morgan fingerprint density at radius 3 is 2.03 bits per heavy atom. The topological polar surface area (TPSA) is 123 Å². The van der Waals surface area contributed by atoms with Crippen LogP contribution in [-0.2, 0) is 29.3 Å². The van der Waals surface area contributed by atoms with E-state index in [0.29, 0.717) is 57.2 Å². The number of rotatable bonds is 5. The van der Waals surface area contributed by atoms with E-state index in [4.69, 9.17) is 9.47 Å². The third-order valence-corrected chi connectivity index (χ3v) is 6.88. The molecular formula is C26H37N3O6. The fourth-order valence-electron chi connectivity index (χ4n) is 4.83. The third-order valence-electron chi connectivity index (χ3n) is 6.88. The maximum atomic E-state index is 13.2. The Bertz CT molecular complexity index is 923. The van der Waals surface area contributed by atoms with Crippen molar-refractivity contribution in [1.29, 1.82) is 0 Å². The predicted molar refractivity (Wildman–Crippen MR) is 129 cm³/mol. The molecule has 1 saturated heterocycles. The molecule has 1 aliphatic carbocycles. The number of benzene rings is 1. The Morgan fingerprint density at radius 1 is 0.914 bits per heavy atom. The van der Waals surface area contributed by atoms with E-state index in [1.807, 2.05) is 20.8 Å². The van der Waals surface area contributed by atoms with Crippen LogP contribution in [0.3, 0.4) is 0 Å². The molecule has 0 radical (unpaired) electrons. The fraction of sp³-hybridized carbons (Fsp3) is 0.615. The first-order valence-electron chi connectivity index (χ1n) is 12.3. The van der Waals surface area contributed by atoms with Gasteiger partial charge < -0.3 is 14.8 Å². The lowest BCUT2D eigenvalue weighted by atomic mass is 9.73. The maximum absolute atomic E-state index is 13.2. The molecule has 1 heterocycles. The number of esters is 2. The first-order valence-corrected chi connectivity index (χ1v) is 12.3. The standard InChI is InChI=1S/C26H37N3O6/c1-25(2,3)35-24(33)26(13-15-27-16-14-26)20-11-9-18(10-12-20)22(31)29-28-21(30)17-5-7-19(8-6-17)23(32)34-4/h9-12,17,19,27H,5-8,13-16H2,1-4H3,(H,28,30)(H,29,31)/t17-,19+. The Kier molecular flexibility index (Phi) is 8.53. The van der Waals surface area contributed by atoms with Gasteiger partial charge in [0.2, 0.25) is 5.91 Å². The molecule has 0 unspecified atom stereocenters. The summed E-state index contributed by atoms with van der Waals surface area (Å²) in [5, 5.41) is 3.29. The molecule has 35 heavy (non-hydrogen) atoms. The summed E-state index contributed by atoms with van der Waals surface area (Å²) in [4.78, 5) is 49.9. The van der Waals surface area contributed by atoms with Gasteiger partial charge in [0.05, 0.1) is 18.4 Å². The molecule has 2 fully saturated rings. The first kappa shape index (κ1) is 26.7. The van der Waals surface area contributed by atoms with Crippen molar-refractivity contribution >= 4 is 23.8 Å². The number of piperidine rings is 1. The van der Waals surface area contributed by atoms with Gasteiger partial charge in [0, 0.05) is 11.5 Å². The number of ether oxygens (including phenoxy) is 2. The van der Waals surface area contributed by atoms with Crippen molar-refractivity contribution in [2.45, 2.75) is 70.3 Å². The molecule has 9 heteroatoms. The zero-order valence-electron chi connectivity index (χ0n) is 21.1. The van der Waals surface area contributed by atoms with Crippen LogP contribution in [0.25, 0.3) is 0 Å². The molecule has 1 aliphatic heterocycles. The number of hydrogen-bond donors (Lipinski definition) is 3. The highest BCUT2D eigenvalue weighted by atomic mass is 16.6. The minimum Gasteiger partial charge on any atom is -0.469 e. The number of carbonyl (C=O) groups is 4. The largest absolute Gasteiger partial charge is 0.469 e. The zero-order chi connectivity index (χ0) is 25.6. The van der Waals surface area contributed by atoms with E-state index in [0.717, 1.165) is 5.56 Å². The average Bonchev–Trinajstić information content (AvgIpc) is 2.86. The normalized spacial score (nSPS) is 21.9. The van der Waals surface area contributed by atoms with Crippen LogP contribution < -0.4 is 16.2 Å². The van der Waals surface area contributed by atoms with E-state index in [9.17, 15) is 19.2 Å². The first-order chi connectivity index (χ1) is 16.6. The molecule has 0 spiro atoms. The number of amides is 2. The number of hydrogen-bond acceptors (Lipinski definition) is 7. The number of carbonyl (C=O) groups excluding carboxylic acids is 4. The summed E-state index contributed by atoms with van der Waals surface area (Å²) in [7, 11) is 1.37. The molecule has 192 valence electrons. The minimum absolute atomic E-state index is 0.166. The molecule has 2 aliphatic rings. The van der Waals surface area contributed by atoms with Crippen molar-refractivity contribution in [3.05, 3.63) is 35.4 Å². The molecule has 3 N–H and O–H groups in total. The van der Waals surface area contributed by atoms with E-state index >= 15 is 0 Å². The summed E-state index contributed by atoms with van der Waals surface area (Å²) in [5.74, 6) is -1.62. The van der Waals surface area contributed by atoms with Crippen LogP contribution in [0.15, 0.2) is 24.3 Å². The second-order valence-corrected chi connectivity index (χ2v) is 10.4. The van der Waals surface area contributed by atoms with E-state index in [-0.39, 0.29) is 29.7 Å². The van der Waals surface area contributed by atoms with Crippen molar-refractivity contribution in [1.82, 2.24) is 16.2 Å². The second-order valence-electron chi connectivity index (χ2n) is 10.4. The molecule has 1 saturated carbocycles. The van der Waals surface area contributed by atoms with Gasteiger partial charge in [-0.25, -0.2) is 0 Å². The van der Waals surface area contributed by atoms with Crippen LogP contribution in [0, 0.1) is 11.8 Å². The van der Waals surface area contributed by atoms with E-state index < -0.39 is 16.9 Å². The van der Waals surface area contributed by atoms with Crippen molar-refractivity contribution < 1.29 is 28.7 Å². The number of nitrogens with one attached hydrogen (secondary N) is 3. The fourth-order valence-corrected chi connectivity index (χ4v) is 4.83. The lowest BCUT2D eigenvalue weighted by Crippen LogP contribution is -2.48. The van der Waals surface area contributed by atoms with Gasteiger partial charge in [-0.1, -0.05) is 12.1 Å². The zero-order valence-corrected chi connectivity index (χ0v) is 21.1. The Balaban J connectivity index is 1.59. The Hall–Kier alpha value is -2.94. The smallest absolute Gasteiger partial charge is 0.317 e. The summed E-state index contributed by atoms with van der Waals surface area (Å²) in [6.45, 7) is 6.97. The van der Waals surface area contributed by atoms with Crippen molar-refractivity contribution in [3.63, 3.8) is 0 Å². The van der Waals surface area contributed by atoms with Gasteiger partial charge in [0.1, 0.15) is 5.60 Å². The van der Waals surface area contributed by atoms with Gasteiger partial charge in [-0.05, 0) is 90.1 Å². The molecule has 1 aromatic rings. The van der Waals surface area contributed by atoms with Crippen LogP contribution in [0.2, 0.25) is 0 Å². The number of hydrazine groups is 1. The van der Waals surface area contributed by atoms with Crippen LogP contribution in [-0.4, -0.2) is 49.6 Å². The van der Waals surface area contributed by atoms with Crippen molar-refractivity contribution in [3.8, 4) is 0 Å². The lowest BCUT2D eigenvalue weighted by Gasteiger charge is -2.38. The van der Waals surface area contributed by atoms with E-state index in [1.165, 1.54) is 7.11 Å². The minimum atomic E-state index is -0.759. The summed E-state index contributed by atoms with van der Waals surface area (Å²) in [6, 6.07) is 6.90. The van der Waals surface area contributed by atoms with Crippen molar-refractivity contribution in [2.24, 2.45) is 11.8 Å². The molecule has 0 aromatic heterocycles. The van der Waals surface area contributed by atoms with Gasteiger partial charge in [0.25, 0.3) is 5.91 Å². The van der Waals surface area contributed by atoms with Gasteiger partial charge in [-0.3, -0.25) is 30.0 Å². The average molecular weight is 488 g/mol. The van der Waals surface area contributed by atoms with Crippen LogP contribution in [0.1, 0.15) is 75.2 Å². The van der Waals surface area contributed by atoms with Gasteiger partial charge in [0.15, 0.2) is 0 Å². The summed E-state index contributed by atoms with van der Waals surface area (Å²) >= 11 is 0. The maximum Gasteiger partial charge on any atom is 0.317 e. The van der Waals surface area contributed by atoms with Gasteiger partial charge in [-0.2, -0.15) is 0 Å². The summed E-state index contributed by atoms with van der Waals surface area (Å²) in [5.41, 5.74) is 4.81. The molecule has 3 rings (SSSR count). The summed E-state index contributed by atoms with van der Waals surface area (Å²) < 4.78 is 10.5. The highest BCUT2D eigenvalue weighted by Crippen LogP contribution is 2.36. The molecule has 2 amide bonds. The lowest BCUT2D eigenvalue weighted by molar-refractivity contribution is -0.163. The molecule has 9 nitrogen and oxygen atoms in total. The molecular weight excluding hydrogens is 450 g/mol. The number of methoxy groups -OCH3 is 1. The highest BCUT2D eigenvalue weighted by molar-refractivity contribution is 5.96. The SMILES string of the molecule is COC(=O)[C@H]1CC[C@@H](C(=O)NNC(=O)c2ccc(C3(C(=O)OC(C)(C)C)CCNCC3)cc2)CC1.